The average Bonchev–Trinajstić information content (AvgIpc) is 2.64. The molecule has 2 aliphatic rings. The van der Waals surface area contributed by atoms with Gasteiger partial charge in [0.25, 0.3) is 0 Å². The predicted molar refractivity (Wildman–Crippen MR) is 97.9 cm³/mol. The lowest BCUT2D eigenvalue weighted by Gasteiger charge is -2.31. The number of hydrogen-bond acceptors (Lipinski definition) is 2. The summed E-state index contributed by atoms with van der Waals surface area (Å²) in [6.45, 7) is 2.26. The second-order valence-electron chi connectivity index (χ2n) is 7.83. The van der Waals surface area contributed by atoms with E-state index in [1.165, 1.54) is 31.2 Å². The molecule has 0 N–H and O–H groups in total. The fraction of sp³-hybridized carbons (Fsp3) is 0.682. The number of carbonyl (C=O) groups excluding carboxylic acids is 1. The highest BCUT2D eigenvalue weighted by Gasteiger charge is 2.30. The molecule has 0 amide bonds. The van der Waals surface area contributed by atoms with Crippen LogP contribution in [0.15, 0.2) is 30.3 Å². The van der Waals surface area contributed by atoms with E-state index in [1.54, 1.807) is 0 Å². The number of carbonyl (C=O) groups is 1. The van der Waals surface area contributed by atoms with Gasteiger partial charge in [0.2, 0.25) is 0 Å². The molecule has 0 aliphatic heterocycles. The molecule has 0 spiro atoms. The Hall–Kier alpha value is -1.31. The minimum Gasteiger partial charge on any atom is -0.462 e. The molecule has 2 heteroatoms. The molecule has 132 valence electrons. The van der Waals surface area contributed by atoms with Crippen LogP contribution in [0.5, 0.6) is 0 Å². The summed E-state index contributed by atoms with van der Waals surface area (Å²) in [6.07, 6.45) is 11.6. The van der Waals surface area contributed by atoms with Crippen LogP contribution in [0.3, 0.4) is 0 Å². The van der Waals surface area contributed by atoms with Crippen molar-refractivity contribution in [2.45, 2.75) is 83.2 Å². The number of ether oxygens (including phenoxy) is 1. The molecule has 0 bridgehead atoms. The van der Waals surface area contributed by atoms with E-state index in [1.807, 2.05) is 0 Å². The van der Waals surface area contributed by atoms with Gasteiger partial charge in [-0.15, -0.1) is 0 Å². The third-order valence-corrected chi connectivity index (χ3v) is 6.11. The van der Waals surface area contributed by atoms with E-state index in [-0.39, 0.29) is 18.0 Å². The van der Waals surface area contributed by atoms with Crippen molar-refractivity contribution in [2.24, 2.45) is 11.8 Å². The molecule has 3 rings (SSSR count). The van der Waals surface area contributed by atoms with Crippen LogP contribution in [0, 0.1) is 11.8 Å². The molecule has 0 atom stereocenters. The Kier molecular flexibility index (Phi) is 6.34. The Morgan fingerprint density at radius 3 is 2.25 bits per heavy atom. The van der Waals surface area contributed by atoms with Crippen LogP contribution in [-0.2, 0) is 9.53 Å². The lowest BCUT2D eigenvalue weighted by atomic mass is 9.80. The van der Waals surface area contributed by atoms with Gasteiger partial charge >= 0.3 is 5.97 Å². The molecular weight excluding hydrogens is 296 g/mol. The summed E-state index contributed by atoms with van der Waals surface area (Å²) in [5.41, 5.74) is 1.44. The van der Waals surface area contributed by atoms with Crippen LogP contribution in [0.1, 0.15) is 82.6 Å². The Morgan fingerprint density at radius 2 is 1.62 bits per heavy atom. The maximum Gasteiger partial charge on any atom is 0.309 e. The van der Waals surface area contributed by atoms with Crippen molar-refractivity contribution in [3.05, 3.63) is 35.9 Å². The Bertz CT molecular complexity index is 494. The van der Waals surface area contributed by atoms with Crippen LogP contribution in [0.4, 0.5) is 0 Å². The van der Waals surface area contributed by atoms with Crippen molar-refractivity contribution in [3.63, 3.8) is 0 Å². The smallest absolute Gasteiger partial charge is 0.309 e. The minimum absolute atomic E-state index is 0.0908. The molecule has 0 saturated heterocycles. The van der Waals surface area contributed by atoms with E-state index in [2.05, 4.69) is 37.3 Å². The molecule has 2 fully saturated rings. The van der Waals surface area contributed by atoms with Crippen molar-refractivity contribution < 1.29 is 9.53 Å². The van der Waals surface area contributed by atoms with Gasteiger partial charge in [0.15, 0.2) is 0 Å². The van der Waals surface area contributed by atoms with Gasteiger partial charge in [0.05, 0.1) is 5.92 Å². The van der Waals surface area contributed by atoms with E-state index in [0.717, 1.165) is 44.4 Å². The normalized spacial score (nSPS) is 30.7. The SMILES string of the molecule is CCCC1CCC(C(=O)OC2CCC(c3ccccc3)CC2)CC1. The fourth-order valence-corrected chi connectivity index (χ4v) is 4.59. The summed E-state index contributed by atoms with van der Waals surface area (Å²) in [7, 11) is 0. The molecule has 2 nitrogen and oxygen atoms in total. The highest BCUT2D eigenvalue weighted by atomic mass is 16.5. The molecule has 0 aromatic heterocycles. The summed E-state index contributed by atoms with van der Waals surface area (Å²) in [5.74, 6) is 1.75. The number of rotatable bonds is 5. The third-order valence-electron chi connectivity index (χ3n) is 6.11. The number of esters is 1. The highest BCUT2D eigenvalue weighted by Crippen LogP contribution is 2.36. The molecule has 24 heavy (non-hydrogen) atoms. The molecule has 2 aliphatic carbocycles. The van der Waals surface area contributed by atoms with Crippen LogP contribution in [-0.4, -0.2) is 12.1 Å². The molecule has 2 saturated carbocycles. The summed E-state index contributed by atoms with van der Waals surface area (Å²) < 4.78 is 5.87. The van der Waals surface area contributed by atoms with Gasteiger partial charge in [-0.3, -0.25) is 4.79 Å². The average molecular weight is 328 g/mol. The first-order valence-electron chi connectivity index (χ1n) is 10.0. The zero-order chi connectivity index (χ0) is 16.8. The minimum atomic E-state index is 0.0908. The second-order valence-corrected chi connectivity index (χ2v) is 7.83. The monoisotopic (exact) mass is 328 g/mol. The van der Waals surface area contributed by atoms with Crippen LogP contribution in [0.2, 0.25) is 0 Å². The zero-order valence-electron chi connectivity index (χ0n) is 15.1. The van der Waals surface area contributed by atoms with E-state index < -0.39 is 0 Å². The third kappa shape index (κ3) is 4.62. The van der Waals surface area contributed by atoms with Gasteiger partial charge in [-0.25, -0.2) is 0 Å². The van der Waals surface area contributed by atoms with Crippen LogP contribution in [0.25, 0.3) is 0 Å². The largest absolute Gasteiger partial charge is 0.462 e. The van der Waals surface area contributed by atoms with E-state index >= 15 is 0 Å². The lowest BCUT2D eigenvalue weighted by Crippen LogP contribution is -2.29. The summed E-state index contributed by atoms with van der Waals surface area (Å²) in [6, 6.07) is 10.8. The van der Waals surface area contributed by atoms with Crippen LogP contribution < -0.4 is 0 Å². The van der Waals surface area contributed by atoms with Gasteiger partial charge < -0.3 is 4.74 Å². The standard InChI is InChI=1S/C22H32O2/c1-2-6-17-9-11-20(12-10-17)22(23)24-21-15-13-19(14-16-21)18-7-4-3-5-8-18/h3-5,7-8,17,19-21H,2,6,9-16H2,1H3. The first-order chi connectivity index (χ1) is 11.8. The van der Waals surface area contributed by atoms with Gasteiger partial charge in [0, 0.05) is 0 Å². The van der Waals surface area contributed by atoms with Crippen molar-refractivity contribution in [3.8, 4) is 0 Å². The lowest BCUT2D eigenvalue weighted by molar-refractivity contribution is -0.157. The first kappa shape index (κ1) is 17.5. The maximum atomic E-state index is 12.5. The number of benzene rings is 1. The highest BCUT2D eigenvalue weighted by molar-refractivity contribution is 5.72. The number of hydrogen-bond donors (Lipinski definition) is 0. The Balaban J connectivity index is 1.41. The maximum absolute atomic E-state index is 12.5. The fourth-order valence-electron chi connectivity index (χ4n) is 4.59. The van der Waals surface area contributed by atoms with E-state index in [0.29, 0.717) is 5.92 Å². The molecular formula is C22H32O2. The van der Waals surface area contributed by atoms with Crippen molar-refractivity contribution in [1.29, 1.82) is 0 Å². The van der Waals surface area contributed by atoms with Gasteiger partial charge in [0.1, 0.15) is 6.10 Å². The molecule has 0 radical (unpaired) electrons. The second kappa shape index (κ2) is 8.69. The van der Waals surface area contributed by atoms with E-state index in [4.69, 9.17) is 4.74 Å². The van der Waals surface area contributed by atoms with Crippen molar-refractivity contribution >= 4 is 5.97 Å². The van der Waals surface area contributed by atoms with Crippen molar-refractivity contribution in [2.75, 3.05) is 0 Å². The Labute approximate surface area is 147 Å². The van der Waals surface area contributed by atoms with Gasteiger partial charge in [-0.2, -0.15) is 0 Å². The topological polar surface area (TPSA) is 26.3 Å². The zero-order valence-corrected chi connectivity index (χ0v) is 15.1. The van der Waals surface area contributed by atoms with Crippen molar-refractivity contribution in [1.82, 2.24) is 0 Å². The molecule has 0 unspecified atom stereocenters. The van der Waals surface area contributed by atoms with Gasteiger partial charge in [-0.1, -0.05) is 50.1 Å². The van der Waals surface area contributed by atoms with Crippen LogP contribution >= 0.6 is 0 Å². The molecule has 1 aromatic carbocycles. The predicted octanol–water partition coefficient (Wildman–Crippen LogP) is 5.86. The quantitative estimate of drug-likeness (QED) is 0.633. The molecule has 0 heterocycles. The van der Waals surface area contributed by atoms with E-state index in [9.17, 15) is 4.79 Å². The Morgan fingerprint density at radius 1 is 0.958 bits per heavy atom. The van der Waals surface area contributed by atoms with Gasteiger partial charge in [-0.05, 0) is 68.8 Å². The molecule has 1 aromatic rings. The summed E-state index contributed by atoms with van der Waals surface area (Å²) >= 11 is 0. The first-order valence-corrected chi connectivity index (χ1v) is 10.0. The summed E-state index contributed by atoms with van der Waals surface area (Å²) in [5, 5.41) is 0. The summed E-state index contributed by atoms with van der Waals surface area (Å²) in [4.78, 5) is 12.5.